The van der Waals surface area contributed by atoms with Gasteiger partial charge in [0.1, 0.15) is 24.2 Å². The summed E-state index contributed by atoms with van der Waals surface area (Å²) in [6.45, 7) is 0.922. The molecule has 2 aromatic rings. The highest BCUT2D eigenvalue weighted by Gasteiger charge is 2.23. The van der Waals surface area contributed by atoms with Gasteiger partial charge in [0.2, 0.25) is 10.0 Å². The number of methoxy groups -OCH3 is 1. The Morgan fingerprint density at radius 3 is 2.46 bits per heavy atom. The zero-order valence-corrected chi connectivity index (χ0v) is 15.6. The Hall–Kier alpha value is -2.16. The summed E-state index contributed by atoms with van der Waals surface area (Å²) in [5, 5.41) is 0.115. The van der Waals surface area contributed by atoms with E-state index in [0.29, 0.717) is 5.75 Å². The van der Waals surface area contributed by atoms with Crippen molar-refractivity contribution in [1.29, 1.82) is 0 Å². The fraction of sp³-hybridized carbons (Fsp3) is 0.235. The van der Waals surface area contributed by atoms with Gasteiger partial charge in [-0.1, -0.05) is 17.7 Å². The lowest BCUT2D eigenvalue weighted by molar-refractivity contribution is -0.146. The zero-order valence-electron chi connectivity index (χ0n) is 14.0. The van der Waals surface area contributed by atoms with Crippen LogP contribution in [0.1, 0.15) is 12.5 Å². The van der Waals surface area contributed by atoms with E-state index in [1.807, 2.05) is 0 Å². The van der Waals surface area contributed by atoms with Crippen LogP contribution in [0.25, 0.3) is 0 Å². The van der Waals surface area contributed by atoms with E-state index in [1.165, 1.54) is 56.5 Å². The smallest absolute Gasteiger partial charge is 0.324 e. The normalized spacial score (nSPS) is 12.5. The molecule has 1 N–H and O–H groups in total. The number of carbonyl (C=O) groups excluding carboxylic acids is 1. The van der Waals surface area contributed by atoms with Crippen molar-refractivity contribution < 1.29 is 27.1 Å². The molecule has 26 heavy (non-hydrogen) atoms. The predicted molar refractivity (Wildman–Crippen MR) is 94.0 cm³/mol. The molecule has 0 unspecified atom stereocenters. The fourth-order valence-corrected chi connectivity index (χ4v) is 3.45. The van der Waals surface area contributed by atoms with E-state index < -0.39 is 34.5 Å². The maximum atomic E-state index is 13.7. The topological polar surface area (TPSA) is 81.7 Å². The molecule has 0 aliphatic carbocycles. The molecular formula is C17H17ClFNO5S. The molecule has 1 atom stereocenters. The van der Waals surface area contributed by atoms with E-state index in [9.17, 15) is 17.6 Å². The lowest BCUT2D eigenvalue weighted by Crippen LogP contribution is -2.39. The zero-order chi connectivity index (χ0) is 19.3. The number of sulfonamides is 1. The third-order valence-electron chi connectivity index (χ3n) is 3.48. The van der Waals surface area contributed by atoms with Gasteiger partial charge in [-0.3, -0.25) is 4.79 Å². The van der Waals surface area contributed by atoms with Crippen LogP contribution in [0.2, 0.25) is 5.02 Å². The van der Waals surface area contributed by atoms with E-state index >= 15 is 0 Å². The number of benzene rings is 2. The molecule has 2 aromatic carbocycles. The van der Waals surface area contributed by atoms with Crippen LogP contribution in [0, 0.1) is 5.82 Å². The lowest BCUT2D eigenvalue weighted by Gasteiger charge is -2.14. The minimum Gasteiger partial charge on any atom is -0.497 e. The molecule has 0 saturated carbocycles. The summed E-state index contributed by atoms with van der Waals surface area (Å²) in [6, 6.07) is 8.56. The minimum atomic E-state index is -3.94. The molecule has 0 bridgehead atoms. The Balaban J connectivity index is 2.01. The molecule has 0 spiro atoms. The van der Waals surface area contributed by atoms with Gasteiger partial charge in [0, 0.05) is 5.56 Å². The quantitative estimate of drug-likeness (QED) is 0.721. The summed E-state index contributed by atoms with van der Waals surface area (Å²) in [6.07, 6.45) is 0. The van der Waals surface area contributed by atoms with E-state index in [2.05, 4.69) is 4.72 Å². The Morgan fingerprint density at radius 1 is 1.23 bits per heavy atom. The molecule has 6 nitrogen and oxygen atoms in total. The molecule has 0 aromatic heterocycles. The summed E-state index contributed by atoms with van der Waals surface area (Å²) in [5.41, 5.74) is 0.0210. The van der Waals surface area contributed by atoms with Crippen LogP contribution in [0.15, 0.2) is 47.4 Å². The number of ether oxygens (including phenoxy) is 2. The Labute approximate surface area is 155 Å². The fourth-order valence-electron chi connectivity index (χ4n) is 2.04. The van der Waals surface area contributed by atoms with Crippen LogP contribution in [0.5, 0.6) is 5.75 Å². The van der Waals surface area contributed by atoms with Crippen LogP contribution in [-0.4, -0.2) is 27.5 Å². The average molecular weight is 402 g/mol. The van der Waals surface area contributed by atoms with Crippen LogP contribution in [0.3, 0.4) is 0 Å². The van der Waals surface area contributed by atoms with Crippen molar-refractivity contribution in [1.82, 2.24) is 4.72 Å². The second-order valence-electron chi connectivity index (χ2n) is 5.33. The van der Waals surface area contributed by atoms with Crippen molar-refractivity contribution in [3.05, 3.63) is 58.9 Å². The second-order valence-corrected chi connectivity index (χ2v) is 7.45. The van der Waals surface area contributed by atoms with Crippen molar-refractivity contribution >= 4 is 27.6 Å². The first-order valence-electron chi connectivity index (χ1n) is 7.50. The highest BCUT2D eigenvalue weighted by atomic mass is 35.5. The molecular weight excluding hydrogens is 385 g/mol. The number of rotatable bonds is 7. The molecule has 140 valence electrons. The van der Waals surface area contributed by atoms with Gasteiger partial charge in [0.05, 0.1) is 17.0 Å². The van der Waals surface area contributed by atoms with Gasteiger partial charge < -0.3 is 9.47 Å². The van der Waals surface area contributed by atoms with Gasteiger partial charge in [0.25, 0.3) is 0 Å². The third-order valence-corrected chi connectivity index (χ3v) is 5.39. The summed E-state index contributed by atoms with van der Waals surface area (Å²) in [4.78, 5) is 12.0. The van der Waals surface area contributed by atoms with Crippen LogP contribution >= 0.6 is 11.6 Å². The highest BCUT2D eigenvalue weighted by molar-refractivity contribution is 7.89. The van der Waals surface area contributed by atoms with Gasteiger partial charge in [0.15, 0.2) is 0 Å². The van der Waals surface area contributed by atoms with Gasteiger partial charge >= 0.3 is 5.97 Å². The van der Waals surface area contributed by atoms with Crippen LogP contribution in [-0.2, 0) is 26.2 Å². The molecule has 2 rings (SSSR count). The summed E-state index contributed by atoms with van der Waals surface area (Å²) >= 11 is 5.85. The Bertz CT molecular complexity index is 866. The SMILES string of the molecule is COc1ccc(S(=O)(=O)N[C@@H](C)C(=O)OCc2c(F)cccc2Cl)cc1. The molecule has 0 fully saturated rings. The summed E-state index contributed by atoms with van der Waals surface area (Å²) in [5.74, 6) is -0.976. The average Bonchev–Trinajstić information content (AvgIpc) is 2.60. The van der Waals surface area contributed by atoms with Gasteiger partial charge in [-0.2, -0.15) is 4.72 Å². The minimum absolute atomic E-state index is 0.0210. The number of hydrogen-bond acceptors (Lipinski definition) is 5. The number of hydrogen-bond donors (Lipinski definition) is 1. The van der Waals surface area contributed by atoms with Gasteiger partial charge in [-0.05, 0) is 43.3 Å². The van der Waals surface area contributed by atoms with Crippen molar-refractivity contribution in [3.63, 3.8) is 0 Å². The van der Waals surface area contributed by atoms with Crippen LogP contribution < -0.4 is 9.46 Å². The molecule has 0 radical (unpaired) electrons. The predicted octanol–water partition coefficient (Wildman–Crippen LogP) is 2.90. The van der Waals surface area contributed by atoms with E-state index in [1.54, 1.807) is 0 Å². The van der Waals surface area contributed by atoms with Crippen molar-refractivity contribution in [3.8, 4) is 5.75 Å². The summed E-state index contributed by atoms with van der Waals surface area (Å²) in [7, 11) is -2.48. The Kier molecular flexibility index (Phi) is 6.57. The van der Waals surface area contributed by atoms with E-state index in [4.69, 9.17) is 21.1 Å². The van der Waals surface area contributed by atoms with Crippen LogP contribution in [0.4, 0.5) is 4.39 Å². The van der Waals surface area contributed by atoms with Crippen molar-refractivity contribution in [2.75, 3.05) is 7.11 Å². The summed E-state index contributed by atoms with van der Waals surface area (Å²) < 4.78 is 50.4. The molecule has 0 amide bonds. The highest BCUT2D eigenvalue weighted by Crippen LogP contribution is 2.20. The standard InChI is InChI=1S/C17H17ClFNO5S/c1-11(17(21)25-10-14-15(18)4-3-5-16(14)19)20-26(22,23)13-8-6-12(24-2)7-9-13/h3-9,11,20H,10H2,1-2H3/t11-/m0/s1. The van der Waals surface area contributed by atoms with Crippen molar-refractivity contribution in [2.45, 2.75) is 24.5 Å². The monoisotopic (exact) mass is 401 g/mol. The molecule has 0 aliphatic heterocycles. The Morgan fingerprint density at radius 2 is 1.88 bits per heavy atom. The number of nitrogens with one attached hydrogen (secondary N) is 1. The van der Waals surface area contributed by atoms with E-state index in [-0.39, 0.29) is 15.5 Å². The second kappa shape index (κ2) is 8.48. The molecule has 0 heterocycles. The van der Waals surface area contributed by atoms with Gasteiger partial charge in [-0.15, -0.1) is 0 Å². The first-order valence-corrected chi connectivity index (χ1v) is 9.36. The third kappa shape index (κ3) is 4.94. The number of esters is 1. The first-order chi connectivity index (χ1) is 12.2. The molecule has 0 aliphatic rings. The van der Waals surface area contributed by atoms with Crippen molar-refractivity contribution in [2.24, 2.45) is 0 Å². The number of halogens is 2. The first kappa shape index (κ1) is 20.2. The maximum absolute atomic E-state index is 13.7. The largest absolute Gasteiger partial charge is 0.497 e. The van der Waals surface area contributed by atoms with E-state index in [0.717, 1.165) is 0 Å². The molecule has 9 heteroatoms. The number of carbonyl (C=O) groups is 1. The lowest BCUT2D eigenvalue weighted by atomic mass is 10.2. The van der Waals surface area contributed by atoms with Gasteiger partial charge in [-0.25, -0.2) is 12.8 Å². The maximum Gasteiger partial charge on any atom is 0.324 e. The molecule has 0 saturated heterocycles.